The van der Waals surface area contributed by atoms with Crippen LogP contribution in [0.1, 0.15) is 95.6 Å². The lowest BCUT2D eigenvalue weighted by Gasteiger charge is -2.38. The molecule has 0 saturated heterocycles. The number of benzene rings is 1. The molecule has 0 spiro atoms. The van der Waals surface area contributed by atoms with Crippen LogP contribution in [0.5, 0.6) is 0 Å². The monoisotopic (exact) mass is 351 g/mol. The van der Waals surface area contributed by atoms with Crippen molar-refractivity contribution in [2.24, 2.45) is 5.92 Å². The van der Waals surface area contributed by atoms with Gasteiger partial charge >= 0.3 is 0 Å². The van der Waals surface area contributed by atoms with Gasteiger partial charge in [0.2, 0.25) is 0 Å². The molecule has 0 radical (unpaired) electrons. The Kier molecular flexibility index (Phi) is 6.62. The molecule has 0 bridgehead atoms. The lowest BCUT2D eigenvalue weighted by atomic mass is 9.65. The van der Waals surface area contributed by atoms with E-state index in [9.17, 15) is 0 Å². The first kappa shape index (κ1) is 19.3. The van der Waals surface area contributed by atoms with E-state index in [4.69, 9.17) is 5.73 Å². The molecule has 0 fully saturated rings. The summed E-state index contributed by atoms with van der Waals surface area (Å²) in [6, 6.07) is 6.70. The van der Waals surface area contributed by atoms with Crippen molar-refractivity contribution < 1.29 is 0 Å². The highest BCUT2D eigenvalue weighted by Gasteiger charge is 2.48. The van der Waals surface area contributed by atoms with Crippen molar-refractivity contribution in [2.75, 3.05) is 5.73 Å². The van der Waals surface area contributed by atoms with Gasteiger partial charge < -0.3 is 5.73 Å². The largest absolute Gasteiger partial charge is 0.399 e. The lowest BCUT2D eigenvalue weighted by Crippen LogP contribution is -2.32. The number of rotatable bonds is 10. The van der Waals surface area contributed by atoms with Crippen molar-refractivity contribution in [1.82, 2.24) is 0 Å². The van der Waals surface area contributed by atoms with Gasteiger partial charge in [-0.1, -0.05) is 89.5 Å². The smallest absolute Gasteiger partial charge is 0.0317 e. The van der Waals surface area contributed by atoms with E-state index in [-0.39, 0.29) is 0 Å². The second kappa shape index (κ2) is 8.93. The van der Waals surface area contributed by atoms with Gasteiger partial charge in [-0.25, -0.2) is 0 Å². The summed E-state index contributed by atoms with van der Waals surface area (Å²) >= 11 is 0. The first-order valence-electron chi connectivity index (χ1n) is 11.0. The number of hydrogen-bond donors (Lipinski definition) is 1. The Labute approximate surface area is 160 Å². The van der Waals surface area contributed by atoms with E-state index in [1.54, 1.807) is 11.1 Å². The summed E-state index contributed by atoms with van der Waals surface area (Å²) in [5.74, 6) is 0.660. The Morgan fingerprint density at radius 2 is 1.65 bits per heavy atom. The molecule has 0 heterocycles. The lowest BCUT2D eigenvalue weighted by molar-refractivity contribution is 0.273. The SMILES string of the molecule is CCCCCCC1(CCCCCC)c2cc(N)ccc2C2=CC=CCC21. The van der Waals surface area contributed by atoms with Crippen LogP contribution in [-0.4, -0.2) is 0 Å². The molecular formula is C25H37N. The molecule has 1 heteroatoms. The maximum absolute atomic E-state index is 6.26. The predicted octanol–water partition coefficient (Wildman–Crippen LogP) is 7.42. The number of fused-ring (bicyclic) bond motifs is 3. The second-order valence-corrected chi connectivity index (χ2v) is 8.42. The van der Waals surface area contributed by atoms with Crippen LogP contribution in [0.2, 0.25) is 0 Å². The fourth-order valence-electron chi connectivity index (χ4n) is 5.32. The Balaban J connectivity index is 1.93. The zero-order chi connectivity index (χ0) is 18.4. The molecular weight excluding hydrogens is 314 g/mol. The van der Waals surface area contributed by atoms with Crippen LogP contribution in [0.15, 0.2) is 36.4 Å². The zero-order valence-corrected chi connectivity index (χ0v) is 16.9. The summed E-state index contributed by atoms with van der Waals surface area (Å²) in [5.41, 5.74) is 12.1. The summed E-state index contributed by atoms with van der Waals surface area (Å²) in [5, 5.41) is 0. The third kappa shape index (κ3) is 3.77. The van der Waals surface area contributed by atoms with Crippen LogP contribution in [0.4, 0.5) is 5.69 Å². The fraction of sp³-hybridized carbons (Fsp3) is 0.600. The number of nitrogens with two attached hydrogens (primary N) is 1. The minimum Gasteiger partial charge on any atom is -0.399 e. The highest BCUT2D eigenvalue weighted by atomic mass is 14.6. The molecule has 1 atom stereocenters. The van der Waals surface area contributed by atoms with Crippen molar-refractivity contribution in [3.05, 3.63) is 47.6 Å². The number of unbranched alkanes of at least 4 members (excludes halogenated alkanes) is 6. The van der Waals surface area contributed by atoms with Gasteiger partial charge in [0.1, 0.15) is 0 Å². The van der Waals surface area contributed by atoms with Crippen molar-refractivity contribution >= 4 is 11.3 Å². The van der Waals surface area contributed by atoms with Gasteiger partial charge in [0.05, 0.1) is 0 Å². The second-order valence-electron chi connectivity index (χ2n) is 8.42. The zero-order valence-electron chi connectivity index (χ0n) is 16.9. The van der Waals surface area contributed by atoms with E-state index in [0.29, 0.717) is 11.3 Å². The van der Waals surface area contributed by atoms with Crippen molar-refractivity contribution in [2.45, 2.75) is 89.9 Å². The molecule has 1 aromatic carbocycles. The molecule has 0 aliphatic heterocycles. The minimum atomic E-state index is 0.308. The minimum absolute atomic E-state index is 0.308. The third-order valence-electron chi connectivity index (χ3n) is 6.67. The quantitative estimate of drug-likeness (QED) is 0.344. The standard InChI is InChI=1S/C25H37N/c1-3-5-7-11-17-25(18-12-8-6-4-2)23-14-10-9-13-21(23)22-16-15-20(26)19-24(22)25/h9-10,13,15-16,19,23H,3-8,11-12,14,17-18,26H2,1-2H3. The maximum Gasteiger partial charge on any atom is 0.0317 e. The van der Waals surface area contributed by atoms with Gasteiger partial charge in [0.15, 0.2) is 0 Å². The average molecular weight is 352 g/mol. The first-order chi connectivity index (χ1) is 12.7. The third-order valence-corrected chi connectivity index (χ3v) is 6.67. The maximum atomic E-state index is 6.26. The Bertz CT molecular complexity index is 640. The molecule has 0 saturated carbocycles. The molecule has 1 nitrogen and oxygen atoms in total. The highest BCUT2D eigenvalue weighted by molar-refractivity contribution is 5.81. The molecule has 1 unspecified atom stereocenters. The first-order valence-corrected chi connectivity index (χ1v) is 11.0. The van der Waals surface area contributed by atoms with Crippen molar-refractivity contribution in [1.29, 1.82) is 0 Å². The summed E-state index contributed by atoms with van der Waals surface area (Å²) < 4.78 is 0. The fourth-order valence-corrected chi connectivity index (χ4v) is 5.32. The van der Waals surface area contributed by atoms with Gasteiger partial charge in [0, 0.05) is 11.1 Å². The van der Waals surface area contributed by atoms with E-state index in [2.05, 4.69) is 50.3 Å². The number of nitrogen functional groups attached to an aromatic ring is 1. The van der Waals surface area contributed by atoms with Crippen LogP contribution in [-0.2, 0) is 5.41 Å². The van der Waals surface area contributed by atoms with E-state index in [1.807, 2.05) is 0 Å². The molecule has 1 aromatic rings. The summed E-state index contributed by atoms with van der Waals surface area (Å²) in [4.78, 5) is 0. The molecule has 3 rings (SSSR count). The van der Waals surface area contributed by atoms with Crippen LogP contribution >= 0.6 is 0 Å². The normalized spacial score (nSPS) is 19.9. The average Bonchev–Trinajstić information content (AvgIpc) is 2.92. The van der Waals surface area contributed by atoms with Crippen molar-refractivity contribution in [3.63, 3.8) is 0 Å². The molecule has 26 heavy (non-hydrogen) atoms. The Morgan fingerprint density at radius 3 is 2.31 bits per heavy atom. The van der Waals surface area contributed by atoms with Gasteiger partial charge in [-0.3, -0.25) is 0 Å². The van der Waals surface area contributed by atoms with E-state index in [1.165, 1.54) is 76.2 Å². The Morgan fingerprint density at radius 1 is 0.962 bits per heavy atom. The molecule has 2 aliphatic rings. The van der Waals surface area contributed by atoms with Gasteiger partial charge in [0.25, 0.3) is 0 Å². The number of allylic oxidation sites excluding steroid dienone is 4. The summed E-state index contributed by atoms with van der Waals surface area (Å²) in [6.45, 7) is 4.61. The summed E-state index contributed by atoms with van der Waals surface area (Å²) in [6.07, 6.45) is 21.7. The molecule has 2 aliphatic carbocycles. The molecule has 2 N–H and O–H groups in total. The van der Waals surface area contributed by atoms with Crippen LogP contribution < -0.4 is 5.73 Å². The van der Waals surface area contributed by atoms with Crippen molar-refractivity contribution in [3.8, 4) is 0 Å². The van der Waals surface area contributed by atoms with Crippen LogP contribution in [0.3, 0.4) is 0 Å². The van der Waals surface area contributed by atoms with Gasteiger partial charge in [-0.05, 0) is 54.0 Å². The van der Waals surface area contributed by atoms with Crippen LogP contribution in [0, 0.1) is 5.92 Å². The topological polar surface area (TPSA) is 26.0 Å². The number of anilines is 1. The molecule has 0 aromatic heterocycles. The summed E-state index contributed by atoms with van der Waals surface area (Å²) in [7, 11) is 0. The van der Waals surface area contributed by atoms with Gasteiger partial charge in [-0.2, -0.15) is 0 Å². The predicted molar refractivity (Wildman–Crippen MR) is 115 cm³/mol. The van der Waals surface area contributed by atoms with E-state index in [0.717, 1.165) is 5.69 Å². The molecule has 142 valence electrons. The van der Waals surface area contributed by atoms with Gasteiger partial charge in [-0.15, -0.1) is 0 Å². The highest BCUT2D eigenvalue weighted by Crippen LogP contribution is 2.58. The number of hydrogen-bond acceptors (Lipinski definition) is 1. The molecule has 0 amide bonds. The van der Waals surface area contributed by atoms with E-state index >= 15 is 0 Å². The Hall–Kier alpha value is -1.50. The van der Waals surface area contributed by atoms with Crippen LogP contribution in [0.25, 0.3) is 5.57 Å². The van der Waals surface area contributed by atoms with E-state index < -0.39 is 0 Å².